The molecule has 1 aromatic carbocycles. The number of halogens is 1. The van der Waals surface area contributed by atoms with Gasteiger partial charge < -0.3 is 14.4 Å². The first-order valence-corrected chi connectivity index (χ1v) is 10.4. The predicted molar refractivity (Wildman–Crippen MR) is 101 cm³/mol. The second kappa shape index (κ2) is 9.03. The summed E-state index contributed by atoms with van der Waals surface area (Å²) < 4.78 is 38.5. The number of benzene rings is 1. The Balaban J connectivity index is 1.96. The van der Waals surface area contributed by atoms with Crippen LogP contribution in [-0.2, 0) is 14.8 Å². The van der Waals surface area contributed by atoms with Crippen molar-refractivity contribution in [3.63, 3.8) is 0 Å². The normalized spacial score (nSPS) is 15.8. The van der Waals surface area contributed by atoms with Crippen molar-refractivity contribution in [2.24, 2.45) is 0 Å². The van der Waals surface area contributed by atoms with Crippen LogP contribution in [0.25, 0.3) is 0 Å². The van der Waals surface area contributed by atoms with E-state index in [2.05, 4.69) is 25.6 Å². The molecular weight excluding hydrogens is 426 g/mol. The Kier molecular flexibility index (Phi) is 7.27. The molecule has 0 spiro atoms. The van der Waals surface area contributed by atoms with Gasteiger partial charge in [-0.25, -0.2) is 13.1 Å². The minimum absolute atomic E-state index is 0.0728. The van der Waals surface area contributed by atoms with Crippen LogP contribution in [0.4, 0.5) is 0 Å². The van der Waals surface area contributed by atoms with E-state index in [4.69, 9.17) is 9.47 Å². The molecule has 26 heavy (non-hydrogen) atoms. The third kappa shape index (κ3) is 5.09. The third-order valence-electron chi connectivity index (χ3n) is 4.27. The van der Waals surface area contributed by atoms with Gasteiger partial charge >= 0.3 is 0 Å². The molecule has 1 N–H and O–H groups in total. The van der Waals surface area contributed by atoms with Crippen LogP contribution in [0.2, 0.25) is 0 Å². The smallest absolute Gasteiger partial charge is 0.241 e. The lowest BCUT2D eigenvalue weighted by Gasteiger charge is -2.34. The highest BCUT2D eigenvalue weighted by Crippen LogP contribution is 2.35. The third-order valence-corrected chi connectivity index (χ3v) is 6.68. The van der Waals surface area contributed by atoms with Crippen molar-refractivity contribution in [1.29, 1.82) is 0 Å². The van der Waals surface area contributed by atoms with Gasteiger partial charge in [0.1, 0.15) is 4.90 Å². The van der Waals surface area contributed by atoms with Crippen LogP contribution in [0.15, 0.2) is 21.5 Å². The van der Waals surface area contributed by atoms with Gasteiger partial charge in [-0.1, -0.05) is 0 Å². The number of hydrogen-bond donors (Lipinski definition) is 1. The van der Waals surface area contributed by atoms with Crippen molar-refractivity contribution in [2.45, 2.75) is 11.8 Å². The van der Waals surface area contributed by atoms with Gasteiger partial charge in [0.15, 0.2) is 11.5 Å². The number of rotatable bonds is 7. The lowest BCUT2D eigenvalue weighted by atomic mass is 10.3. The van der Waals surface area contributed by atoms with Crippen molar-refractivity contribution in [2.75, 3.05) is 53.5 Å². The van der Waals surface area contributed by atoms with E-state index >= 15 is 0 Å². The highest BCUT2D eigenvalue weighted by molar-refractivity contribution is 9.10. The standard InChI is InChI=1S/C16H24BrN3O5S/c1-12(21)20-8-6-19(7-9-20)5-4-18-26(22,23)16-11-15(25-3)14(24-2)10-13(16)17/h10-11,18H,4-9H2,1-3H3. The zero-order valence-electron chi connectivity index (χ0n) is 15.1. The molecule has 0 aromatic heterocycles. The summed E-state index contributed by atoms with van der Waals surface area (Å²) in [6, 6.07) is 2.99. The van der Waals surface area contributed by atoms with Gasteiger partial charge in [0.05, 0.1) is 14.2 Å². The monoisotopic (exact) mass is 449 g/mol. The Hall–Kier alpha value is -1.36. The number of amides is 1. The summed E-state index contributed by atoms with van der Waals surface area (Å²) in [6.07, 6.45) is 0. The molecule has 0 saturated carbocycles. The van der Waals surface area contributed by atoms with Gasteiger partial charge in [-0.15, -0.1) is 0 Å². The van der Waals surface area contributed by atoms with Gasteiger partial charge in [0, 0.05) is 56.7 Å². The lowest BCUT2D eigenvalue weighted by Crippen LogP contribution is -2.49. The zero-order chi connectivity index (χ0) is 19.3. The second-order valence-corrected chi connectivity index (χ2v) is 8.47. The first kappa shape index (κ1) is 20.9. The second-order valence-electron chi connectivity index (χ2n) is 5.88. The van der Waals surface area contributed by atoms with Gasteiger partial charge in [0.2, 0.25) is 15.9 Å². The summed E-state index contributed by atoms with van der Waals surface area (Å²) in [5.74, 6) is 0.863. The SMILES string of the molecule is COc1cc(Br)c(S(=O)(=O)NCCN2CCN(C(C)=O)CC2)cc1OC. The quantitative estimate of drug-likeness (QED) is 0.665. The fraction of sp³-hybridized carbons (Fsp3) is 0.562. The molecule has 10 heteroatoms. The molecule has 8 nitrogen and oxygen atoms in total. The number of ether oxygens (including phenoxy) is 2. The molecule has 1 aromatic rings. The largest absolute Gasteiger partial charge is 0.493 e. The number of sulfonamides is 1. The molecule has 1 fully saturated rings. The maximum Gasteiger partial charge on any atom is 0.241 e. The fourth-order valence-corrected chi connectivity index (χ4v) is 4.80. The molecule has 2 rings (SSSR count). The average molecular weight is 450 g/mol. The molecule has 0 aliphatic carbocycles. The van der Waals surface area contributed by atoms with Gasteiger partial charge in [0.25, 0.3) is 0 Å². The Morgan fingerprint density at radius 2 is 1.73 bits per heavy atom. The topological polar surface area (TPSA) is 88.2 Å². The number of carbonyl (C=O) groups excluding carboxylic acids is 1. The van der Waals surface area contributed by atoms with E-state index in [1.54, 1.807) is 17.9 Å². The molecular formula is C16H24BrN3O5S. The number of methoxy groups -OCH3 is 2. The average Bonchev–Trinajstić information content (AvgIpc) is 2.61. The Bertz CT molecular complexity index is 748. The summed E-state index contributed by atoms with van der Waals surface area (Å²) in [6.45, 7) is 5.24. The molecule has 0 bridgehead atoms. The van der Waals surface area contributed by atoms with E-state index in [0.717, 1.165) is 13.1 Å². The maximum absolute atomic E-state index is 12.6. The van der Waals surface area contributed by atoms with Gasteiger partial charge in [-0.05, 0) is 22.0 Å². The molecule has 146 valence electrons. The van der Waals surface area contributed by atoms with E-state index in [1.807, 2.05) is 0 Å². The van der Waals surface area contributed by atoms with Crippen LogP contribution in [0, 0.1) is 0 Å². The molecule has 0 unspecified atom stereocenters. The molecule has 1 amide bonds. The number of nitrogens with zero attached hydrogens (tertiary/aromatic N) is 2. The number of carbonyl (C=O) groups is 1. The van der Waals surface area contributed by atoms with E-state index in [-0.39, 0.29) is 17.3 Å². The molecule has 1 heterocycles. The van der Waals surface area contributed by atoms with Crippen molar-refractivity contribution in [1.82, 2.24) is 14.5 Å². The minimum atomic E-state index is -3.70. The van der Waals surface area contributed by atoms with Crippen molar-refractivity contribution in [3.8, 4) is 11.5 Å². The fourth-order valence-electron chi connectivity index (χ4n) is 2.74. The number of nitrogens with one attached hydrogen (secondary N) is 1. The van der Waals surface area contributed by atoms with E-state index < -0.39 is 10.0 Å². The van der Waals surface area contributed by atoms with Crippen LogP contribution in [-0.4, -0.2) is 77.6 Å². The van der Waals surface area contributed by atoms with Crippen LogP contribution in [0.3, 0.4) is 0 Å². The first-order valence-electron chi connectivity index (χ1n) is 8.17. The molecule has 1 aliphatic rings. The van der Waals surface area contributed by atoms with Crippen molar-refractivity contribution < 1.29 is 22.7 Å². The summed E-state index contributed by atoms with van der Waals surface area (Å²) >= 11 is 3.27. The Morgan fingerprint density at radius 1 is 1.15 bits per heavy atom. The molecule has 0 radical (unpaired) electrons. The highest BCUT2D eigenvalue weighted by Gasteiger charge is 2.22. The summed E-state index contributed by atoms with van der Waals surface area (Å²) in [5, 5.41) is 0. The summed E-state index contributed by atoms with van der Waals surface area (Å²) in [4.78, 5) is 15.3. The maximum atomic E-state index is 12.6. The van der Waals surface area contributed by atoms with Crippen LogP contribution >= 0.6 is 15.9 Å². The van der Waals surface area contributed by atoms with Gasteiger partial charge in [-0.3, -0.25) is 9.69 Å². The van der Waals surface area contributed by atoms with Crippen LogP contribution in [0.5, 0.6) is 11.5 Å². The Labute approximate surface area is 162 Å². The Morgan fingerprint density at radius 3 is 2.27 bits per heavy atom. The number of hydrogen-bond acceptors (Lipinski definition) is 6. The van der Waals surface area contributed by atoms with Crippen molar-refractivity contribution in [3.05, 3.63) is 16.6 Å². The first-order chi connectivity index (χ1) is 12.3. The molecule has 1 aliphatic heterocycles. The zero-order valence-corrected chi connectivity index (χ0v) is 17.5. The highest BCUT2D eigenvalue weighted by atomic mass is 79.9. The lowest BCUT2D eigenvalue weighted by molar-refractivity contribution is -0.130. The summed E-state index contributed by atoms with van der Waals surface area (Å²) in [7, 11) is -0.754. The van der Waals surface area contributed by atoms with Crippen LogP contribution < -0.4 is 14.2 Å². The minimum Gasteiger partial charge on any atom is -0.493 e. The van der Waals surface area contributed by atoms with Crippen LogP contribution in [0.1, 0.15) is 6.92 Å². The van der Waals surface area contributed by atoms with Crippen molar-refractivity contribution >= 4 is 31.9 Å². The number of piperazine rings is 1. The van der Waals surface area contributed by atoms with E-state index in [1.165, 1.54) is 20.3 Å². The molecule has 0 atom stereocenters. The summed E-state index contributed by atoms with van der Waals surface area (Å²) in [5.41, 5.74) is 0. The molecule has 1 saturated heterocycles. The predicted octanol–water partition coefficient (Wildman–Crippen LogP) is 0.909. The van der Waals surface area contributed by atoms with E-state index in [9.17, 15) is 13.2 Å². The van der Waals surface area contributed by atoms with E-state index in [0.29, 0.717) is 35.6 Å². The van der Waals surface area contributed by atoms with Gasteiger partial charge in [-0.2, -0.15) is 0 Å².